The molecule has 0 spiro atoms. The van der Waals surface area contributed by atoms with Gasteiger partial charge in [0, 0.05) is 11.1 Å². The Labute approximate surface area is 102 Å². The minimum Gasteiger partial charge on any atom is -0.364 e. The van der Waals surface area contributed by atoms with E-state index in [4.69, 9.17) is 5.73 Å². The van der Waals surface area contributed by atoms with Gasteiger partial charge in [-0.1, -0.05) is 0 Å². The molecule has 1 amide bonds. The zero-order valence-corrected chi connectivity index (χ0v) is 9.99. The highest BCUT2D eigenvalue weighted by Crippen LogP contribution is 2.13. The number of hydrogen-bond donors (Lipinski definition) is 2. The number of aryl methyl sites for hydroxylation is 1. The minimum atomic E-state index is -0.581. The van der Waals surface area contributed by atoms with Crippen LogP contribution in [-0.2, 0) is 6.54 Å². The molecule has 0 aliphatic rings. The molecular weight excluding hydrogens is 238 g/mol. The molecule has 0 aliphatic heterocycles. The lowest BCUT2D eigenvalue weighted by molar-refractivity contribution is 0.0994. The molecule has 7 heteroatoms. The Balaban J connectivity index is 1.97. The zero-order valence-electron chi connectivity index (χ0n) is 9.17. The van der Waals surface area contributed by atoms with Crippen LogP contribution < -0.4 is 11.1 Å². The average Bonchev–Trinajstić information content (AvgIpc) is 2.73. The fourth-order valence-corrected chi connectivity index (χ4v) is 1.96. The lowest BCUT2D eigenvalue weighted by Gasteiger charge is -2.02. The predicted octanol–water partition coefficient (Wildman–Crippen LogP) is 0.953. The maximum atomic E-state index is 10.8. The van der Waals surface area contributed by atoms with E-state index < -0.39 is 5.91 Å². The molecule has 2 aromatic heterocycles. The lowest BCUT2D eigenvalue weighted by Crippen LogP contribution is -2.14. The van der Waals surface area contributed by atoms with Crippen molar-refractivity contribution in [1.29, 1.82) is 0 Å². The average molecular weight is 249 g/mol. The summed E-state index contributed by atoms with van der Waals surface area (Å²) in [5.41, 5.74) is 5.22. The number of nitrogens with zero attached hydrogens (tertiary/aromatic N) is 3. The number of hydrogen-bond acceptors (Lipinski definition) is 6. The first kappa shape index (κ1) is 11.5. The summed E-state index contributed by atoms with van der Waals surface area (Å²) in [5, 5.41) is 11.7. The quantitative estimate of drug-likeness (QED) is 0.841. The van der Waals surface area contributed by atoms with E-state index in [0.29, 0.717) is 12.4 Å². The predicted molar refractivity (Wildman–Crippen MR) is 64.7 cm³/mol. The summed E-state index contributed by atoms with van der Waals surface area (Å²) in [6, 6.07) is 3.20. The second kappa shape index (κ2) is 4.88. The van der Waals surface area contributed by atoms with E-state index >= 15 is 0 Å². The highest BCUT2D eigenvalue weighted by molar-refractivity contribution is 7.11. The molecule has 0 saturated heterocycles. The topological polar surface area (TPSA) is 93.8 Å². The van der Waals surface area contributed by atoms with Gasteiger partial charge in [0.05, 0.1) is 11.6 Å². The van der Waals surface area contributed by atoms with Crippen molar-refractivity contribution < 1.29 is 4.79 Å². The van der Waals surface area contributed by atoms with Crippen molar-refractivity contribution in [3.05, 3.63) is 33.9 Å². The molecule has 0 bridgehead atoms. The first-order valence-electron chi connectivity index (χ1n) is 4.94. The molecule has 0 unspecified atom stereocenters. The molecule has 0 saturated carbocycles. The van der Waals surface area contributed by atoms with E-state index in [9.17, 15) is 4.79 Å². The van der Waals surface area contributed by atoms with Crippen LogP contribution in [-0.4, -0.2) is 21.1 Å². The first-order chi connectivity index (χ1) is 8.15. The van der Waals surface area contributed by atoms with Crippen molar-refractivity contribution in [1.82, 2.24) is 15.2 Å². The number of amides is 1. The Bertz CT molecular complexity index is 522. The summed E-state index contributed by atoms with van der Waals surface area (Å²) in [4.78, 5) is 16.0. The number of nitrogens with two attached hydrogens (primary N) is 1. The number of nitrogens with one attached hydrogen (secondary N) is 1. The van der Waals surface area contributed by atoms with Crippen LogP contribution in [0.25, 0.3) is 0 Å². The molecular formula is C10H11N5OS. The van der Waals surface area contributed by atoms with E-state index in [1.807, 2.05) is 13.1 Å². The van der Waals surface area contributed by atoms with Gasteiger partial charge in [0.15, 0.2) is 5.69 Å². The van der Waals surface area contributed by atoms with Gasteiger partial charge in [0.25, 0.3) is 5.91 Å². The highest BCUT2D eigenvalue weighted by atomic mass is 32.1. The van der Waals surface area contributed by atoms with Gasteiger partial charge in [-0.2, -0.15) is 0 Å². The van der Waals surface area contributed by atoms with E-state index in [1.165, 1.54) is 6.07 Å². The molecule has 0 aromatic carbocycles. The molecule has 2 heterocycles. The largest absolute Gasteiger partial charge is 0.364 e. The van der Waals surface area contributed by atoms with E-state index in [0.717, 1.165) is 9.88 Å². The van der Waals surface area contributed by atoms with Gasteiger partial charge < -0.3 is 11.1 Å². The SMILES string of the molecule is Cc1ncc(CNc2ccc(C(N)=O)nn2)s1. The molecule has 2 rings (SSSR count). The van der Waals surface area contributed by atoms with Gasteiger partial charge in [0.2, 0.25) is 0 Å². The highest BCUT2D eigenvalue weighted by Gasteiger charge is 2.03. The summed E-state index contributed by atoms with van der Waals surface area (Å²) in [6.45, 7) is 2.59. The van der Waals surface area contributed by atoms with Crippen molar-refractivity contribution in [3.63, 3.8) is 0 Å². The Morgan fingerprint density at radius 3 is 2.82 bits per heavy atom. The molecule has 0 atom stereocenters. The van der Waals surface area contributed by atoms with Crippen LogP contribution in [0.4, 0.5) is 5.82 Å². The smallest absolute Gasteiger partial charge is 0.269 e. The molecule has 88 valence electrons. The Kier molecular flexibility index (Phi) is 3.29. The third kappa shape index (κ3) is 2.97. The fraction of sp³-hybridized carbons (Fsp3) is 0.200. The molecule has 6 nitrogen and oxygen atoms in total. The Morgan fingerprint density at radius 2 is 2.29 bits per heavy atom. The number of rotatable bonds is 4. The molecule has 0 aliphatic carbocycles. The second-order valence-corrected chi connectivity index (χ2v) is 4.69. The maximum Gasteiger partial charge on any atom is 0.269 e. The third-order valence-corrected chi connectivity index (χ3v) is 2.94. The number of carbonyl (C=O) groups is 1. The van der Waals surface area contributed by atoms with E-state index in [1.54, 1.807) is 17.4 Å². The molecule has 2 aromatic rings. The maximum absolute atomic E-state index is 10.8. The Hall–Kier alpha value is -2.02. The Morgan fingerprint density at radius 1 is 1.47 bits per heavy atom. The summed E-state index contributed by atoms with van der Waals surface area (Å²) < 4.78 is 0. The standard InChI is InChI=1S/C10H11N5OS/c1-6-12-4-7(17-6)5-13-9-3-2-8(10(11)16)14-15-9/h2-4H,5H2,1H3,(H2,11,16)(H,13,15). The van der Waals surface area contributed by atoms with Crippen molar-refractivity contribution in [2.75, 3.05) is 5.32 Å². The normalized spacial score (nSPS) is 10.2. The van der Waals surface area contributed by atoms with Gasteiger partial charge >= 0.3 is 0 Å². The summed E-state index contributed by atoms with van der Waals surface area (Å²) >= 11 is 1.62. The molecule has 3 N–H and O–H groups in total. The lowest BCUT2D eigenvalue weighted by atomic mass is 10.3. The van der Waals surface area contributed by atoms with Crippen molar-refractivity contribution in [2.24, 2.45) is 5.73 Å². The van der Waals surface area contributed by atoms with Crippen LogP contribution in [0.15, 0.2) is 18.3 Å². The van der Waals surface area contributed by atoms with Crippen LogP contribution in [0.5, 0.6) is 0 Å². The van der Waals surface area contributed by atoms with Crippen molar-refractivity contribution >= 4 is 23.1 Å². The van der Waals surface area contributed by atoms with Crippen LogP contribution in [0, 0.1) is 6.92 Å². The van der Waals surface area contributed by atoms with Crippen molar-refractivity contribution in [3.8, 4) is 0 Å². The molecule has 0 fully saturated rings. The number of carbonyl (C=O) groups excluding carboxylic acids is 1. The first-order valence-corrected chi connectivity index (χ1v) is 5.75. The fourth-order valence-electron chi connectivity index (χ4n) is 1.22. The van der Waals surface area contributed by atoms with E-state index in [2.05, 4.69) is 20.5 Å². The minimum absolute atomic E-state index is 0.157. The summed E-state index contributed by atoms with van der Waals surface area (Å²) in [6.07, 6.45) is 1.82. The van der Waals surface area contributed by atoms with Crippen LogP contribution >= 0.6 is 11.3 Å². The number of thiazole rings is 1. The van der Waals surface area contributed by atoms with Gasteiger partial charge in [-0.15, -0.1) is 21.5 Å². The number of anilines is 1. The van der Waals surface area contributed by atoms with Crippen molar-refractivity contribution in [2.45, 2.75) is 13.5 Å². The van der Waals surface area contributed by atoms with Gasteiger partial charge in [-0.25, -0.2) is 4.98 Å². The molecule has 0 radical (unpaired) electrons. The van der Waals surface area contributed by atoms with Crippen LogP contribution in [0.3, 0.4) is 0 Å². The van der Waals surface area contributed by atoms with Gasteiger partial charge in [0.1, 0.15) is 5.82 Å². The second-order valence-electron chi connectivity index (χ2n) is 3.37. The number of primary amides is 1. The number of aromatic nitrogens is 3. The summed E-state index contributed by atoms with van der Waals surface area (Å²) in [5.74, 6) is 0.0168. The van der Waals surface area contributed by atoms with E-state index in [-0.39, 0.29) is 5.69 Å². The van der Waals surface area contributed by atoms with Gasteiger partial charge in [-0.3, -0.25) is 4.79 Å². The monoisotopic (exact) mass is 249 g/mol. The zero-order chi connectivity index (χ0) is 12.3. The van der Waals surface area contributed by atoms with Crippen LogP contribution in [0.1, 0.15) is 20.4 Å². The van der Waals surface area contributed by atoms with Crippen LogP contribution in [0.2, 0.25) is 0 Å². The third-order valence-electron chi connectivity index (χ3n) is 2.03. The molecule has 17 heavy (non-hydrogen) atoms. The van der Waals surface area contributed by atoms with Gasteiger partial charge in [-0.05, 0) is 19.1 Å². The summed E-state index contributed by atoms with van der Waals surface area (Å²) in [7, 11) is 0.